The predicted molar refractivity (Wildman–Crippen MR) is 141 cm³/mol. The Bertz CT molecular complexity index is 1310. The Morgan fingerprint density at radius 2 is 1.67 bits per heavy atom. The first-order valence-electron chi connectivity index (χ1n) is 11.3. The molecule has 0 saturated carbocycles. The number of nitrogens with zero attached hydrogens (tertiary/aromatic N) is 2. The lowest BCUT2D eigenvalue weighted by Gasteiger charge is -2.12. The number of fused-ring (bicyclic) bond motifs is 1. The van der Waals surface area contributed by atoms with E-state index in [0.29, 0.717) is 46.3 Å². The summed E-state index contributed by atoms with van der Waals surface area (Å²) in [4.78, 5) is 21.9. The van der Waals surface area contributed by atoms with Crippen molar-refractivity contribution in [3.05, 3.63) is 72.6 Å². The van der Waals surface area contributed by atoms with Gasteiger partial charge in [0.15, 0.2) is 11.5 Å². The van der Waals surface area contributed by atoms with Gasteiger partial charge in [-0.05, 0) is 55.8 Å². The first-order chi connectivity index (χ1) is 17.6. The number of hydrogen-bond acceptors (Lipinski definition) is 8. The van der Waals surface area contributed by atoms with Crippen molar-refractivity contribution in [2.45, 2.75) is 18.2 Å². The number of anilines is 1. The molecule has 36 heavy (non-hydrogen) atoms. The lowest BCUT2D eigenvalue weighted by Crippen LogP contribution is -2.14. The van der Waals surface area contributed by atoms with Crippen molar-refractivity contribution in [1.82, 2.24) is 9.97 Å². The summed E-state index contributed by atoms with van der Waals surface area (Å²) >= 11 is 1.74. The van der Waals surface area contributed by atoms with Gasteiger partial charge in [-0.1, -0.05) is 17.7 Å². The average Bonchev–Trinajstić information content (AvgIpc) is 2.90. The predicted octanol–water partition coefficient (Wildman–Crippen LogP) is 6.48. The molecule has 4 rings (SSSR count). The molecular weight excluding hydrogens is 478 g/mol. The second-order valence-electron chi connectivity index (χ2n) is 7.81. The van der Waals surface area contributed by atoms with Crippen molar-refractivity contribution < 1.29 is 23.7 Å². The Morgan fingerprint density at radius 3 is 2.39 bits per heavy atom. The Balaban J connectivity index is 1.28. The molecule has 0 spiro atoms. The van der Waals surface area contributed by atoms with Crippen LogP contribution < -0.4 is 19.5 Å². The number of benzene rings is 3. The van der Waals surface area contributed by atoms with E-state index in [-0.39, 0.29) is 0 Å². The number of aromatic nitrogens is 2. The topological polar surface area (TPSA) is 91.8 Å². The van der Waals surface area contributed by atoms with Crippen LogP contribution in [-0.2, 0) is 4.74 Å². The lowest BCUT2D eigenvalue weighted by atomic mass is 10.2. The molecule has 186 valence electrons. The molecule has 0 aliphatic carbocycles. The molecule has 8 nitrogen and oxygen atoms in total. The third-order valence-electron chi connectivity index (χ3n) is 5.23. The third kappa shape index (κ3) is 6.57. The van der Waals surface area contributed by atoms with Crippen molar-refractivity contribution in [3.63, 3.8) is 0 Å². The van der Waals surface area contributed by atoms with E-state index >= 15 is 0 Å². The normalized spacial score (nSPS) is 10.6. The fourth-order valence-electron chi connectivity index (χ4n) is 3.36. The molecule has 0 saturated heterocycles. The SMILES string of the molecule is COc1cc2ncnc(Oc3ccc(NC(=O)OCCCSc4ccc(C)cc4)cc3)c2cc1OC. The first-order valence-corrected chi connectivity index (χ1v) is 12.3. The van der Waals surface area contributed by atoms with Crippen LogP contribution in [0.3, 0.4) is 0 Å². The largest absolute Gasteiger partial charge is 0.493 e. The number of aryl methyl sites for hydroxylation is 1. The highest BCUT2D eigenvalue weighted by Crippen LogP contribution is 2.35. The minimum atomic E-state index is -0.494. The maximum absolute atomic E-state index is 12.1. The number of carbonyl (C=O) groups is 1. The van der Waals surface area contributed by atoms with Crippen LogP contribution in [0.25, 0.3) is 10.9 Å². The fraction of sp³-hybridized carbons (Fsp3) is 0.222. The second kappa shape index (κ2) is 12.1. The summed E-state index contributed by atoms with van der Waals surface area (Å²) in [6, 6.07) is 18.9. The fourth-order valence-corrected chi connectivity index (χ4v) is 4.19. The standard InChI is InChI=1S/C27H27N3O5S/c1-18-5-11-21(12-6-18)36-14-4-13-34-27(31)30-19-7-9-20(10-8-19)35-26-22-15-24(32-2)25(33-3)16-23(22)28-17-29-26/h5-12,15-17H,4,13-14H2,1-3H3,(H,30,31). The first kappa shape index (κ1) is 25.1. The van der Waals surface area contributed by atoms with Crippen LogP contribution in [0.5, 0.6) is 23.1 Å². The maximum atomic E-state index is 12.1. The number of methoxy groups -OCH3 is 2. The van der Waals surface area contributed by atoms with E-state index in [0.717, 1.165) is 12.2 Å². The van der Waals surface area contributed by atoms with Gasteiger partial charge >= 0.3 is 6.09 Å². The molecular formula is C27H27N3O5S. The number of ether oxygens (including phenoxy) is 4. The highest BCUT2D eigenvalue weighted by atomic mass is 32.2. The summed E-state index contributed by atoms with van der Waals surface area (Å²) in [5.41, 5.74) is 2.50. The zero-order chi connectivity index (χ0) is 25.3. The van der Waals surface area contributed by atoms with Crippen molar-refractivity contribution in [1.29, 1.82) is 0 Å². The van der Waals surface area contributed by atoms with E-state index in [1.165, 1.54) is 16.8 Å². The van der Waals surface area contributed by atoms with E-state index < -0.39 is 6.09 Å². The van der Waals surface area contributed by atoms with E-state index in [4.69, 9.17) is 18.9 Å². The molecule has 0 aliphatic rings. The van der Waals surface area contributed by atoms with Crippen molar-refractivity contribution in [2.75, 3.05) is 31.9 Å². The summed E-state index contributed by atoms with van der Waals surface area (Å²) in [7, 11) is 3.13. The molecule has 9 heteroatoms. The minimum Gasteiger partial charge on any atom is -0.493 e. The van der Waals surface area contributed by atoms with E-state index in [2.05, 4.69) is 46.5 Å². The summed E-state index contributed by atoms with van der Waals surface area (Å²) < 4.78 is 22.0. The van der Waals surface area contributed by atoms with Crippen LogP contribution in [0.4, 0.5) is 10.5 Å². The van der Waals surface area contributed by atoms with Gasteiger partial charge in [-0.3, -0.25) is 5.32 Å². The molecule has 0 aliphatic heterocycles. The lowest BCUT2D eigenvalue weighted by molar-refractivity contribution is 0.162. The van der Waals surface area contributed by atoms with Crippen LogP contribution in [-0.4, -0.2) is 42.6 Å². The molecule has 0 atom stereocenters. The number of nitrogens with one attached hydrogen (secondary N) is 1. The quantitative estimate of drug-likeness (QED) is 0.193. The van der Waals surface area contributed by atoms with E-state index in [1.807, 2.05) is 0 Å². The number of thioether (sulfide) groups is 1. The summed E-state index contributed by atoms with van der Waals surface area (Å²) in [5.74, 6) is 2.93. The Kier molecular flexibility index (Phi) is 8.46. The van der Waals surface area contributed by atoms with Crippen LogP contribution in [0.15, 0.2) is 71.9 Å². The van der Waals surface area contributed by atoms with Gasteiger partial charge in [0.2, 0.25) is 5.88 Å². The maximum Gasteiger partial charge on any atom is 0.411 e. The summed E-state index contributed by atoms with van der Waals surface area (Å²) in [5, 5.41) is 3.41. The van der Waals surface area contributed by atoms with Crippen LogP contribution in [0, 0.1) is 6.92 Å². The number of amides is 1. The summed E-state index contributed by atoms with van der Waals surface area (Å²) in [6.07, 6.45) is 1.70. The zero-order valence-electron chi connectivity index (χ0n) is 20.3. The molecule has 0 radical (unpaired) electrons. The van der Waals surface area contributed by atoms with Gasteiger partial charge in [0.1, 0.15) is 12.1 Å². The van der Waals surface area contributed by atoms with Crippen LogP contribution >= 0.6 is 11.8 Å². The highest BCUT2D eigenvalue weighted by molar-refractivity contribution is 7.99. The van der Waals surface area contributed by atoms with Crippen molar-refractivity contribution >= 4 is 34.4 Å². The summed E-state index contributed by atoms with van der Waals surface area (Å²) in [6.45, 7) is 2.41. The monoisotopic (exact) mass is 505 g/mol. The highest BCUT2D eigenvalue weighted by Gasteiger charge is 2.13. The molecule has 4 aromatic rings. The Labute approximate surface area is 214 Å². The number of carbonyl (C=O) groups excluding carboxylic acids is 1. The van der Waals surface area contributed by atoms with Gasteiger partial charge in [-0.15, -0.1) is 11.8 Å². The van der Waals surface area contributed by atoms with Gasteiger partial charge in [0, 0.05) is 22.4 Å². The molecule has 1 N–H and O–H groups in total. The van der Waals surface area contributed by atoms with Gasteiger partial charge in [-0.25, -0.2) is 14.8 Å². The Hall–Kier alpha value is -3.98. The molecule has 1 heterocycles. The molecule has 0 fully saturated rings. The molecule has 0 bridgehead atoms. The van der Waals surface area contributed by atoms with Gasteiger partial charge in [-0.2, -0.15) is 0 Å². The van der Waals surface area contributed by atoms with Crippen molar-refractivity contribution in [2.24, 2.45) is 0 Å². The number of rotatable bonds is 10. The minimum absolute atomic E-state index is 0.348. The Morgan fingerprint density at radius 1 is 0.944 bits per heavy atom. The molecule has 3 aromatic carbocycles. The molecule has 0 unspecified atom stereocenters. The molecule has 1 aromatic heterocycles. The van der Waals surface area contributed by atoms with Crippen LogP contribution in [0.2, 0.25) is 0 Å². The third-order valence-corrected chi connectivity index (χ3v) is 6.33. The second-order valence-corrected chi connectivity index (χ2v) is 8.97. The molecule has 1 amide bonds. The smallest absolute Gasteiger partial charge is 0.411 e. The average molecular weight is 506 g/mol. The van der Waals surface area contributed by atoms with E-state index in [1.54, 1.807) is 62.4 Å². The number of hydrogen-bond donors (Lipinski definition) is 1. The zero-order valence-corrected chi connectivity index (χ0v) is 21.1. The van der Waals surface area contributed by atoms with Gasteiger partial charge < -0.3 is 18.9 Å². The van der Waals surface area contributed by atoms with Crippen molar-refractivity contribution in [3.8, 4) is 23.1 Å². The van der Waals surface area contributed by atoms with Gasteiger partial charge in [0.25, 0.3) is 0 Å². The van der Waals surface area contributed by atoms with Gasteiger partial charge in [0.05, 0.1) is 31.7 Å². The van der Waals surface area contributed by atoms with Crippen LogP contribution in [0.1, 0.15) is 12.0 Å². The van der Waals surface area contributed by atoms with E-state index in [9.17, 15) is 4.79 Å².